The van der Waals surface area contributed by atoms with E-state index in [0.717, 1.165) is 6.07 Å². The Morgan fingerprint density at radius 3 is 2.54 bits per heavy atom. The summed E-state index contributed by atoms with van der Waals surface area (Å²) in [6.07, 6.45) is 4.55. The van der Waals surface area contributed by atoms with Gasteiger partial charge in [-0.05, 0) is 24.3 Å². The van der Waals surface area contributed by atoms with Crippen molar-refractivity contribution >= 4 is 5.65 Å². The first kappa shape index (κ1) is 15.8. The van der Waals surface area contributed by atoms with Crippen LogP contribution in [0.5, 0.6) is 0 Å². The molecule has 0 aliphatic heterocycles. The van der Waals surface area contributed by atoms with Crippen LogP contribution in [-0.2, 0) is 0 Å². The average molecular weight is 350 g/mol. The molecule has 0 N–H and O–H groups in total. The molecule has 3 heterocycles. The van der Waals surface area contributed by atoms with Crippen LogP contribution >= 0.6 is 0 Å². The van der Waals surface area contributed by atoms with E-state index in [4.69, 9.17) is 5.26 Å². The number of fused-ring (bicyclic) bond motifs is 1. The predicted molar refractivity (Wildman–Crippen MR) is 88.4 cm³/mol. The molecule has 0 radical (unpaired) electrons. The van der Waals surface area contributed by atoms with Crippen LogP contribution in [-0.4, -0.2) is 14.4 Å². The first-order valence-corrected chi connectivity index (χ1v) is 7.56. The van der Waals surface area contributed by atoms with E-state index in [1.54, 1.807) is 34.9 Å². The second-order valence-electron chi connectivity index (χ2n) is 5.55. The zero-order chi connectivity index (χ0) is 18.3. The minimum atomic E-state index is -1.26. The Balaban J connectivity index is 1.95. The second kappa shape index (κ2) is 6.01. The molecule has 3 aromatic heterocycles. The molecule has 0 fully saturated rings. The zero-order valence-corrected chi connectivity index (χ0v) is 13.1. The Morgan fingerprint density at radius 1 is 0.923 bits per heavy atom. The van der Waals surface area contributed by atoms with Crippen molar-refractivity contribution in [2.75, 3.05) is 0 Å². The van der Waals surface area contributed by atoms with Crippen molar-refractivity contribution in [3.05, 3.63) is 78.1 Å². The van der Waals surface area contributed by atoms with Crippen molar-refractivity contribution in [2.24, 2.45) is 0 Å². The Labute approximate surface area is 145 Å². The zero-order valence-electron chi connectivity index (χ0n) is 13.1. The summed E-state index contributed by atoms with van der Waals surface area (Å²) < 4.78 is 42.7. The molecule has 126 valence electrons. The maximum Gasteiger partial charge on any atom is 0.161 e. The monoisotopic (exact) mass is 350 g/mol. The third-order valence-electron chi connectivity index (χ3n) is 4.00. The standard InChI is InChI=1S/C19H9F3N4/c20-15-7-17(22)16(21)6-14(15)19-13(2-1-5-24-19)11-3-4-18-25-9-12(8-23)26(18)10-11/h1-7,9-10H. The lowest BCUT2D eigenvalue weighted by Gasteiger charge is -2.11. The smallest absolute Gasteiger partial charge is 0.161 e. The molecule has 0 unspecified atom stereocenters. The van der Waals surface area contributed by atoms with Gasteiger partial charge in [0.2, 0.25) is 0 Å². The van der Waals surface area contributed by atoms with Gasteiger partial charge < -0.3 is 0 Å². The summed E-state index contributed by atoms with van der Waals surface area (Å²) in [4.78, 5) is 8.26. The molecule has 7 heteroatoms. The van der Waals surface area contributed by atoms with Crippen LogP contribution in [0.15, 0.2) is 55.0 Å². The SMILES string of the molecule is N#Cc1cnc2ccc(-c3cccnc3-c3cc(F)c(F)cc3F)cn12. The van der Waals surface area contributed by atoms with Crippen LogP contribution < -0.4 is 0 Å². The lowest BCUT2D eigenvalue weighted by atomic mass is 10.00. The maximum atomic E-state index is 14.2. The van der Waals surface area contributed by atoms with Gasteiger partial charge in [0.15, 0.2) is 11.6 Å². The lowest BCUT2D eigenvalue weighted by Crippen LogP contribution is -1.96. The molecular formula is C19H9F3N4. The Kier molecular flexibility index (Phi) is 3.66. The number of benzene rings is 1. The number of nitrogens with zero attached hydrogens (tertiary/aromatic N) is 4. The maximum absolute atomic E-state index is 14.2. The van der Waals surface area contributed by atoms with Gasteiger partial charge >= 0.3 is 0 Å². The third-order valence-corrected chi connectivity index (χ3v) is 4.00. The topological polar surface area (TPSA) is 54.0 Å². The molecule has 4 aromatic rings. The quantitative estimate of drug-likeness (QED) is 0.505. The Morgan fingerprint density at radius 2 is 1.73 bits per heavy atom. The third kappa shape index (κ3) is 2.48. The van der Waals surface area contributed by atoms with E-state index in [0.29, 0.717) is 28.5 Å². The molecule has 0 spiro atoms. The fourth-order valence-electron chi connectivity index (χ4n) is 2.78. The predicted octanol–water partition coefficient (Wildman–Crippen LogP) is 4.35. The van der Waals surface area contributed by atoms with Gasteiger partial charge in [-0.15, -0.1) is 0 Å². The molecule has 26 heavy (non-hydrogen) atoms. The number of hydrogen-bond acceptors (Lipinski definition) is 3. The van der Waals surface area contributed by atoms with E-state index in [1.165, 1.54) is 12.4 Å². The molecule has 0 saturated heterocycles. The molecule has 0 saturated carbocycles. The van der Waals surface area contributed by atoms with Crippen LogP contribution in [0.2, 0.25) is 0 Å². The van der Waals surface area contributed by atoms with Crippen molar-refractivity contribution in [3.63, 3.8) is 0 Å². The van der Waals surface area contributed by atoms with E-state index < -0.39 is 17.5 Å². The molecule has 0 atom stereocenters. The van der Waals surface area contributed by atoms with Gasteiger partial charge in [0.1, 0.15) is 23.2 Å². The molecule has 0 amide bonds. The number of halogens is 3. The summed E-state index contributed by atoms with van der Waals surface area (Å²) in [5.74, 6) is -3.33. The first-order chi connectivity index (χ1) is 12.6. The Bertz CT molecular complexity index is 1190. The highest BCUT2D eigenvalue weighted by Gasteiger charge is 2.17. The summed E-state index contributed by atoms with van der Waals surface area (Å²) in [5, 5.41) is 9.16. The Hall–Kier alpha value is -3.66. The van der Waals surface area contributed by atoms with E-state index >= 15 is 0 Å². The van der Waals surface area contributed by atoms with Gasteiger partial charge in [0.05, 0.1) is 11.9 Å². The summed E-state index contributed by atoms with van der Waals surface area (Å²) >= 11 is 0. The number of pyridine rings is 2. The summed E-state index contributed by atoms with van der Waals surface area (Å²) in [6.45, 7) is 0. The van der Waals surface area contributed by atoms with E-state index in [2.05, 4.69) is 9.97 Å². The molecule has 4 rings (SSSR count). The van der Waals surface area contributed by atoms with Gasteiger partial charge in [0.25, 0.3) is 0 Å². The molecule has 4 nitrogen and oxygen atoms in total. The molecular weight excluding hydrogens is 341 g/mol. The average Bonchev–Trinajstić information content (AvgIpc) is 3.07. The normalized spacial score (nSPS) is 10.8. The highest BCUT2D eigenvalue weighted by Crippen LogP contribution is 2.33. The van der Waals surface area contributed by atoms with Gasteiger partial charge in [-0.1, -0.05) is 6.07 Å². The lowest BCUT2D eigenvalue weighted by molar-refractivity contribution is 0.496. The second-order valence-corrected chi connectivity index (χ2v) is 5.55. The van der Waals surface area contributed by atoms with Crippen LogP contribution in [0.1, 0.15) is 5.69 Å². The molecule has 0 bridgehead atoms. The molecule has 0 aliphatic carbocycles. The minimum Gasteiger partial charge on any atom is -0.291 e. The number of rotatable bonds is 2. The van der Waals surface area contributed by atoms with Gasteiger partial charge in [-0.2, -0.15) is 5.26 Å². The number of nitriles is 1. The number of aromatic nitrogens is 3. The molecule has 1 aromatic carbocycles. The first-order valence-electron chi connectivity index (χ1n) is 7.56. The van der Waals surface area contributed by atoms with E-state index in [9.17, 15) is 13.2 Å². The van der Waals surface area contributed by atoms with Gasteiger partial charge in [-0.25, -0.2) is 18.2 Å². The van der Waals surface area contributed by atoms with Crippen LogP contribution in [0.25, 0.3) is 28.0 Å². The van der Waals surface area contributed by atoms with Crippen LogP contribution in [0.3, 0.4) is 0 Å². The van der Waals surface area contributed by atoms with Crippen LogP contribution in [0, 0.1) is 28.8 Å². The summed E-state index contributed by atoms with van der Waals surface area (Å²) in [5.41, 5.74) is 2.07. The van der Waals surface area contributed by atoms with Gasteiger partial charge in [0, 0.05) is 35.2 Å². The fraction of sp³-hybridized carbons (Fsp3) is 0. The molecule has 0 aliphatic rings. The van der Waals surface area contributed by atoms with E-state index in [1.807, 2.05) is 6.07 Å². The summed E-state index contributed by atoms with van der Waals surface area (Å²) in [7, 11) is 0. The summed E-state index contributed by atoms with van der Waals surface area (Å²) in [6, 6.07) is 10.1. The van der Waals surface area contributed by atoms with Crippen molar-refractivity contribution < 1.29 is 13.2 Å². The number of imidazole rings is 1. The highest BCUT2D eigenvalue weighted by molar-refractivity contribution is 5.81. The largest absolute Gasteiger partial charge is 0.291 e. The van der Waals surface area contributed by atoms with Crippen molar-refractivity contribution in [1.29, 1.82) is 5.26 Å². The van der Waals surface area contributed by atoms with Crippen molar-refractivity contribution in [3.8, 4) is 28.5 Å². The fourth-order valence-corrected chi connectivity index (χ4v) is 2.78. The van der Waals surface area contributed by atoms with Gasteiger partial charge in [-0.3, -0.25) is 9.38 Å². The minimum absolute atomic E-state index is 0.147. The highest BCUT2D eigenvalue weighted by atomic mass is 19.2. The van der Waals surface area contributed by atoms with Crippen LogP contribution in [0.4, 0.5) is 13.2 Å². The number of hydrogen-bond donors (Lipinski definition) is 0. The van der Waals surface area contributed by atoms with E-state index in [-0.39, 0.29) is 11.3 Å². The van der Waals surface area contributed by atoms with Crippen molar-refractivity contribution in [1.82, 2.24) is 14.4 Å². The van der Waals surface area contributed by atoms with Crippen molar-refractivity contribution in [2.45, 2.75) is 0 Å².